The van der Waals surface area contributed by atoms with E-state index in [2.05, 4.69) is 14.7 Å². The minimum atomic E-state index is -4.77. The zero-order valence-electron chi connectivity index (χ0n) is 14.8. The van der Waals surface area contributed by atoms with E-state index in [1.165, 1.54) is 30.7 Å². The molecule has 0 unspecified atom stereocenters. The lowest BCUT2D eigenvalue weighted by molar-refractivity contribution is -0.274. The molecular formula is C19H17F3N4O2. The summed E-state index contributed by atoms with van der Waals surface area (Å²) >= 11 is 0. The van der Waals surface area contributed by atoms with Crippen molar-refractivity contribution in [3.05, 3.63) is 48.4 Å². The first-order valence-electron chi connectivity index (χ1n) is 8.89. The number of imidazole rings is 1. The number of hydrogen-bond donors (Lipinski definition) is 0. The molecule has 0 saturated carbocycles. The lowest BCUT2D eigenvalue weighted by Crippen LogP contribution is -2.35. The Balaban J connectivity index is 1.63. The number of ether oxygens (including phenoxy) is 1. The van der Waals surface area contributed by atoms with E-state index >= 15 is 0 Å². The summed E-state index contributed by atoms with van der Waals surface area (Å²) in [6.07, 6.45) is 1.28. The summed E-state index contributed by atoms with van der Waals surface area (Å²) < 4.78 is 42.9. The number of benzene rings is 1. The molecule has 28 heavy (non-hydrogen) atoms. The Kier molecular flexibility index (Phi) is 4.66. The zero-order valence-corrected chi connectivity index (χ0v) is 14.8. The molecule has 0 atom stereocenters. The molecule has 1 fully saturated rings. The van der Waals surface area contributed by atoms with Gasteiger partial charge in [0.2, 0.25) is 0 Å². The lowest BCUT2D eigenvalue weighted by Gasteiger charge is -2.26. The summed E-state index contributed by atoms with van der Waals surface area (Å²) in [6, 6.07) is 7.21. The summed E-state index contributed by atoms with van der Waals surface area (Å²) in [7, 11) is 0. The SMILES string of the molecule is O=C(c1cnc2c(c1)ncn2-c1cccc(OC(F)(F)F)c1)N1CCCCC1. The lowest BCUT2D eigenvalue weighted by atomic mass is 10.1. The quantitative estimate of drug-likeness (QED) is 0.680. The fourth-order valence-corrected chi connectivity index (χ4v) is 3.32. The summed E-state index contributed by atoms with van der Waals surface area (Å²) in [6.45, 7) is 1.47. The molecule has 6 nitrogen and oxygen atoms in total. The van der Waals surface area contributed by atoms with Crippen molar-refractivity contribution in [1.82, 2.24) is 19.4 Å². The first-order chi connectivity index (χ1) is 13.4. The summed E-state index contributed by atoms with van der Waals surface area (Å²) in [5.41, 5.74) is 1.81. The smallest absolute Gasteiger partial charge is 0.406 e. The fraction of sp³-hybridized carbons (Fsp3) is 0.316. The van der Waals surface area contributed by atoms with Gasteiger partial charge in [-0.05, 0) is 37.5 Å². The zero-order chi connectivity index (χ0) is 19.7. The Bertz CT molecular complexity index is 1010. The summed E-state index contributed by atoms with van der Waals surface area (Å²) in [4.78, 5) is 23.0. The van der Waals surface area contributed by atoms with Gasteiger partial charge in [0.25, 0.3) is 5.91 Å². The Morgan fingerprint density at radius 2 is 1.86 bits per heavy atom. The van der Waals surface area contributed by atoms with Gasteiger partial charge in [0.1, 0.15) is 17.6 Å². The van der Waals surface area contributed by atoms with Crippen LogP contribution in [-0.4, -0.2) is 44.8 Å². The third kappa shape index (κ3) is 3.78. The number of aromatic nitrogens is 3. The Labute approximate surface area is 158 Å². The molecule has 0 aliphatic carbocycles. The van der Waals surface area contributed by atoms with Crippen LogP contribution in [0.15, 0.2) is 42.9 Å². The minimum Gasteiger partial charge on any atom is -0.406 e. The maximum Gasteiger partial charge on any atom is 0.573 e. The van der Waals surface area contributed by atoms with Crippen molar-refractivity contribution in [2.75, 3.05) is 13.1 Å². The van der Waals surface area contributed by atoms with Gasteiger partial charge >= 0.3 is 6.36 Å². The van der Waals surface area contributed by atoms with E-state index in [4.69, 9.17) is 0 Å². The second-order valence-corrected chi connectivity index (χ2v) is 6.58. The average Bonchev–Trinajstić information content (AvgIpc) is 3.10. The highest BCUT2D eigenvalue weighted by Gasteiger charge is 2.31. The van der Waals surface area contributed by atoms with Crippen LogP contribution in [0.2, 0.25) is 0 Å². The van der Waals surface area contributed by atoms with Gasteiger partial charge in [-0.25, -0.2) is 9.97 Å². The number of amides is 1. The first kappa shape index (κ1) is 18.3. The number of nitrogens with zero attached hydrogens (tertiary/aromatic N) is 4. The van der Waals surface area contributed by atoms with Crippen LogP contribution in [0.4, 0.5) is 13.2 Å². The number of piperidine rings is 1. The molecule has 0 spiro atoms. The van der Waals surface area contributed by atoms with Crippen molar-refractivity contribution in [3.8, 4) is 11.4 Å². The normalized spacial score (nSPS) is 15.0. The number of carbonyl (C=O) groups excluding carboxylic acids is 1. The standard InChI is InChI=1S/C19H17F3N4O2/c20-19(21,22)28-15-6-4-5-14(10-15)26-12-24-16-9-13(11-23-17(16)26)18(27)25-7-2-1-3-8-25/h4-6,9-12H,1-3,7-8H2. The molecule has 1 aromatic carbocycles. The van der Waals surface area contributed by atoms with Crippen LogP contribution in [0.3, 0.4) is 0 Å². The maximum atomic E-state index is 12.6. The van der Waals surface area contributed by atoms with Crippen molar-refractivity contribution in [2.45, 2.75) is 25.6 Å². The molecule has 1 aliphatic heterocycles. The van der Waals surface area contributed by atoms with Gasteiger partial charge in [-0.2, -0.15) is 0 Å². The topological polar surface area (TPSA) is 60.3 Å². The van der Waals surface area contributed by atoms with Crippen LogP contribution in [0.1, 0.15) is 29.6 Å². The van der Waals surface area contributed by atoms with Crippen LogP contribution >= 0.6 is 0 Å². The van der Waals surface area contributed by atoms with Crippen molar-refractivity contribution in [3.63, 3.8) is 0 Å². The highest BCUT2D eigenvalue weighted by Crippen LogP contribution is 2.26. The number of pyridine rings is 1. The van der Waals surface area contributed by atoms with Gasteiger partial charge in [-0.1, -0.05) is 6.07 Å². The van der Waals surface area contributed by atoms with Crippen LogP contribution in [-0.2, 0) is 0 Å². The van der Waals surface area contributed by atoms with Crippen LogP contribution < -0.4 is 4.74 Å². The van der Waals surface area contributed by atoms with Gasteiger partial charge < -0.3 is 9.64 Å². The summed E-state index contributed by atoms with van der Waals surface area (Å²) in [5.74, 6) is -0.409. The number of fused-ring (bicyclic) bond motifs is 1. The molecule has 0 radical (unpaired) electrons. The number of rotatable bonds is 3. The van der Waals surface area contributed by atoms with E-state index in [0.717, 1.165) is 32.4 Å². The molecule has 2 aromatic heterocycles. The van der Waals surface area contributed by atoms with Crippen LogP contribution in [0, 0.1) is 0 Å². The van der Waals surface area contributed by atoms with Crippen LogP contribution in [0.5, 0.6) is 5.75 Å². The van der Waals surface area contributed by atoms with Gasteiger partial charge in [0, 0.05) is 25.4 Å². The molecule has 146 valence electrons. The molecule has 9 heteroatoms. The second-order valence-electron chi connectivity index (χ2n) is 6.58. The Morgan fingerprint density at radius 3 is 2.61 bits per heavy atom. The second kappa shape index (κ2) is 7.14. The predicted octanol–water partition coefficient (Wildman–Crippen LogP) is 3.95. The molecule has 4 rings (SSSR count). The molecular weight excluding hydrogens is 373 g/mol. The highest BCUT2D eigenvalue weighted by atomic mass is 19.4. The molecule has 1 aliphatic rings. The van der Waals surface area contributed by atoms with Gasteiger partial charge in [-0.3, -0.25) is 9.36 Å². The number of halogens is 3. The van der Waals surface area contributed by atoms with E-state index in [-0.39, 0.29) is 11.7 Å². The van der Waals surface area contributed by atoms with Gasteiger partial charge in [-0.15, -0.1) is 13.2 Å². The number of alkyl halides is 3. The molecule has 0 N–H and O–H groups in total. The van der Waals surface area contributed by atoms with Crippen molar-refractivity contribution < 1.29 is 22.7 Å². The van der Waals surface area contributed by atoms with E-state index in [9.17, 15) is 18.0 Å². The van der Waals surface area contributed by atoms with Crippen LogP contribution in [0.25, 0.3) is 16.9 Å². The average molecular weight is 390 g/mol. The maximum absolute atomic E-state index is 12.6. The van der Waals surface area contributed by atoms with E-state index in [0.29, 0.717) is 22.4 Å². The molecule has 0 bridgehead atoms. The predicted molar refractivity (Wildman–Crippen MR) is 95.3 cm³/mol. The van der Waals surface area contributed by atoms with Crippen molar-refractivity contribution in [2.24, 2.45) is 0 Å². The minimum absolute atomic E-state index is 0.0794. The van der Waals surface area contributed by atoms with E-state index in [1.807, 2.05) is 0 Å². The van der Waals surface area contributed by atoms with Gasteiger partial charge in [0.15, 0.2) is 5.65 Å². The molecule has 1 saturated heterocycles. The third-order valence-electron chi connectivity index (χ3n) is 4.61. The number of likely N-dealkylation sites (tertiary alicyclic amines) is 1. The molecule has 3 aromatic rings. The Morgan fingerprint density at radius 1 is 1.07 bits per heavy atom. The van der Waals surface area contributed by atoms with E-state index < -0.39 is 6.36 Å². The third-order valence-corrected chi connectivity index (χ3v) is 4.61. The number of hydrogen-bond acceptors (Lipinski definition) is 4. The van der Waals surface area contributed by atoms with E-state index in [1.54, 1.807) is 21.6 Å². The van der Waals surface area contributed by atoms with Crippen molar-refractivity contribution in [1.29, 1.82) is 0 Å². The molecule has 1 amide bonds. The first-order valence-corrected chi connectivity index (χ1v) is 8.89. The highest BCUT2D eigenvalue weighted by molar-refractivity contribution is 5.96. The fourth-order valence-electron chi connectivity index (χ4n) is 3.32. The number of carbonyl (C=O) groups is 1. The van der Waals surface area contributed by atoms with Crippen molar-refractivity contribution >= 4 is 17.1 Å². The van der Waals surface area contributed by atoms with Gasteiger partial charge in [0.05, 0.1) is 11.3 Å². The monoisotopic (exact) mass is 390 g/mol. The Hall–Kier alpha value is -3.10. The molecule has 3 heterocycles. The summed E-state index contributed by atoms with van der Waals surface area (Å²) in [5, 5.41) is 0. The largest absolute Gasteiger partial charge is 0.573 e.